The lowest BCUT2D eigenvalue weighted by atomic mass is 10.0. The van der Waals surface area contributed by atoms with Crippen LogP contribution in [0.5, 0.6) is 11.5 Å². The van der Waals surface area contributed by atoms with Crippen LogP contribution in [-0.2, 0) is 11.2 Å². The summed E-state index contributed by atoms with van der Waals surface area (Å²) >= 11 is 0. The quantitative estimate of drug-likeness (QED) is 0.285. The van der Waals surface area contributed by atoms with Crippen LogP contribution in [0.2, 0.25) is 0 Å². The van der Waals surface area contributed by atoms with E-state index in [2.05, 4.69) is 10.1 Å². The molecule has 2 aromatic carbocycles. The van der Waals surface area contributed by atoms with Gasteiger partial charge in [0, 0.05) is 12.6 Å². The zero-order chi connectivity index (χ0) is 19.8. The van der Waals surface area contributed by atoms with E-state index in [1.807, 2.05) is 54.6 Å². The average molecular weight is 376 g/mol. The maximum atomic E-state index is 11.9. The van der Waals surface area contributed by atoms with Gasteiger partial charge in [0.2, 0.25) is 0 Å². The third kappa shape index (κ3) is 4.94. The van der Waals surface area contributed by atoms with Gasteiger partial charge in [0.25, 0.3) is 0 Å². The molecule has 0 radical (unpaired) electrons. The lowest BCUT2D eigenvalue weighted by molar-refractivity contribution is 0.0526. The summed E-state index contributed by atoms with van der Waals surface area (Å²) in [5, 5.41) is 12.8. The fourth-order valence-electron chi connectivity index (χ4n) is 2.60. The Morgan fingerprint density at radius 3 is 2.43 bits per heavy atom. The smallest absolute Gasteiger partial charge is 0.338 e. The van der Waals surface area contributed by atoms with E-state index in [0.717, 1.165) is 11.3 Å². The van der Waals surface area contributed by atoms with E-state index >= 15 is 0 Å². The molecule has 0 saturated heterocycles. The number of carbonyl (C=O) groups excluding carboxylic acids is 1. The maximum Gasteiger partial charge on any atom is 0.338 e. The van der Waals surface area contributed by atoms with Crippen molar-refractivity contribution >= 4 is 11.7 Å². The standard InChI is InChI=1S/C22H20N2O4/c1-2-27-22(25)17-12-13-23-20(15-17)21(24-26)14-16-8-10-19(11-9-16)28-18-6-4-3-5-7-18/h3-13,15,26H,2,14H2,1H3/b24-21+. The Bertz CT molecular complexity index is 954. The molecule has 0 unspecified atom stereocenters. The first-order valence-corrected chi connectivity index (χ1v) is 8.86. The minimum Gasteiger partial charge on any atom is -0.462 e. The molecule has 0 fully saturated rings. The molecule has 0 aliphatic carbocycles. The number of aromatic nitrogens is 1. The van der Waals surface area contributed by atoms with Gasteiger partial charge in [-0.2, -0.15) is 0 Å². The minimum absolute atomic E-state index is 0.287. The van der Waals surface area contributed by atoms with Crippen LogP contribution in [0, 0.1) is 0 Å². The molecule has 1 heterocycles. The topological polar surface area (TPSA) is 81.0 Å². The zero-order valence-electron chi connectivity index (χ0n) is 15.4. The number of para-hydroxylation sites is 1. The van der Waals surface area contributed by atoms with Gasteiger partial charge in [0.05, 0.1) is 17.9 Å². The summed E-state index contributed by atoms with van der Waals surface area (Å²) < 4.78 is 10.8. The minimum atomic E-state index is -0.439. The van der Waals surface area contributed by atoms with Crippen LogP contribution in [0.25, 0.3) is 0 Å². The van der Waals surface area contributed by atoms with Crippen LogP contribution in [0.4, 0.5) is 0 Å². The maximum absolute atomic E-state index is 11.9. The van der Waals surface area contributed by atoms with Crippen LogP contribution < -0.4 is 4.74 Å². The number of hydrogen-bond donors (Lipinski definition) is 1. The summed E-state index contributed by atoms with van der Waals surface area (Å²) in [7, 11) is 0. The summed E-state index contributed by atoms with van der Waals surface area (Å²) in [5.41, 5.74) is 2.04. The van der Waals surface area contributed by atoms with Gasteiger partial charge in [-0.15, -0.1) is 0 Å². The van der Waals surface area contributed by atoms with Crippen molar-refractivity contribution in [3.8, 4) is 11.5 Å². The molecule has 0 aliphatic heterocycles. The molecular weight excluding hydrogens is 356 g/mol. The number of rotatable bonds is 7. The predicted octanol–water partition coefficient (Wildman–Crippen LogP) is 4.47. The van der Waals surface area contributed by atoms with Crippen LogP contribution >= 0.6 is 0 Å². The summed E-state index contributed by atoms with van der Waals surface area (Å²) in [6, 6.07) is 20.1. The van der Waals surface area contributed by atoms with Crippen LogP contribution in [0.1, 0.15) is 28.5 Å². The third-order valence-corrected chi connectivity index (χ3v) is 3.96. The molecule has 0 spiro atoms. The number of benzene rings is 2. The molecule has 6 nitrogen and oxygen atoms in total. The van der Waals surface area contributed by atoms with E-state index in [0.29, 0.717) is 29.1 Å². The summed E-state index contributed by atoms with van der Waals surface area (Å²) in [5.74, 6) is 1.03. The Kier molecular flexibility index (Phi) is 6.36. The van der Waals surface area contributed by atoms with Crippen molar-refractivity contribution in [1.29, 1.82) is 0 Å². The second-order valence-corrected chi connectivity index (χ2v) is 5.93. The first kappa shape index (κ1) is 19.1. The highest BCUT2D eigenvalue weighted by atomic mass is 16.5. The highest BCUT2D eigenvalue weighted by Crippen LogP contribution is 2.21. The fraction of sp³-hybridized carbons (Fsp3) is 0.136. The largest absolute Gasteiger partial charge is 0.462 e. The van der Waals surface area contributed by atoms with Crippen molar-refractivity contribution in [3.63, 3.8) is 0 Å². The predicted molar refractivity (Wildman–Crippen MR) is 105 cm³/mol. The number of hydrogen-bond acceptors (Lipinski definition) is 6. The Morgan fingerprint density at radius 2 is 1.75 bits per heavy atom. The highest BCUT2D eigenvalue weighted by Gasteiger charge is 2.12. The number of carbonyl (C=O) groups is 1. The Labute approximate surface area is 163 Å². The first-order valence-electron chi connectivity index (χ1n) is 8.86. The molecule has 0 aliphatic rings. The van der Waals surface area contributed by atoms with Gasteiger partial charge in [-0.05, 0) is 48.9 Å². The van der Waals surface area contributed by atoms with E-state index in [1.54, 1.807) is 19.1 Å². The molecule has 6 heteroatoms. The lowest BCUT2D eigenvalue weighted by Crippen LogP contribution is -2.11. The van der Waals surface area contributed by atoms with E-state index in [4.69, 9.17) is 9.47 Å². The molecular formula is C22H20N2O4. The SMILES string of the molecule is CCOC(=O)c1ccnc(/C(Cc2ccc(Oc3ccccc3)cc2)=N/O)c1. The molecule has 1 aromatic heterocycles. The number of oxime groups is 1. The van der Waals surface area contributed by atoms with Crippen LogP contribution in [0.3, 0.4) is 0 Å². The van der Waals surface area contributed by atoms with E-state index in [9.17, 15) is 10.0 Å². The van der Waals surface area contributed by atoms with Gasteiger partial charge in [0.15, 0.2) is 0 Å². The van der Waals surface area contributed by atoms with E-state index in [1.165, 1.54) is 6.20 Å². The summed E-state index contributed by atoms with van der Waals surface area (Å²) in [6.07, 6.45) is 1.84. The van der Waals surface area contributed by atoms with Crippen molar-refractivity contribution < 1.29 is 19.5 Å². The number of pyridine rings is 1. The van der Waals surface area contributed by atoms with Crippen LogP contribution in [-0.4, -0.2) is 28.5 Å². The lowest BCUT2D eigenvalue weighted by Gasteiger charge is -2.08. The molecule has 28 heavy (non-hydrogen) atoms. The van der Waals surface area contributed by atoms with Gasteiger partial charge in [-0.25, -0.2) is 4.79 Å². The molecule has 3 rings (SSSR count). The fourth-order valence-corrected chi connectivity index (χ4v) is 2.60. The number of ether oxygens (including phenoxy) is 2. The van der Waals surface area contributed by atoms with Crippen molar-refractivity contribution in [1.82, 2.24) is 4.98 Å². The zero-order valence-corrected chi connectivity index (χ0v) is 15.4. The van der Waals surface area contributed by atoms with Crippen LogP contribution in [0.15, 0.2) is 78.1 Å². The molecule has 0 atom stereocenters. The van der Waals surface area contributed by atoms with Crippen molar-refractivity contribution in [3.05, 3.63) is 89.7 Å². The summed E-state index contributed by atoms with van der Waals surface area (Å²) in [4.78, 5) is 16.1. The van der Waals surface area contributed by atoms with Crippen molar-refractivity contribution in [2.45, 2.75) is 13.3 Å². The Morgan fingerprint density at radius 1 is 1.04 bits per heavy atom. The van der Waals surface area contributed by atoms with Gasteiger partial charge < -0.3 is 14.7 Å². The first-order chi connectivity index (χ1) is 13.7. The summed E-state index contributed by atoms with van der Waals surface area (Å²) in [6.45, 7) is 2.03. The van der Waals surface area contributed by atoms with Gasteiger partial charge >= 0.3 is 5.97 Å². The van der Waals surface area contributed by atoms with Gasteiger partial charge in [-0.1, -0.05) is 35.5 Å². The highest BCUT2D eigenvalue weighted by molar-refractivity contribution is 6.01. The van der Waals surface area contributed by atoms with E-state index in [-0.39, 0.29) is 6.61 Å². The van der Waals surface area contributed by atoms with Crippen molar-refractivity contribution in [2.24, 2.45) is 5.16 Å². The van der Waals surface area contributed by atoms with Crippen molar-refractivity contribution in [2.75, 3.05) is 6.61 Å². The molecule has 142 valence electrons. The van der Waals surface area contributed by atoms with E-state index < -0.39 is 5.97 Å². The number of nitrogens with zero attached hydrogens (tertiary/aromatic N) is 2. The third-order valence-electron chi connectivity index (χ3n) is 3.96. The molecule has 0 amide bonds. The average Bonchev–Trinajstić information content (AvgIpc) is 2.74. The second-order valence-electron chi connectivity index (χ2n) is 5.93. The Hall–Kier alpha value is -3.67. The monoisotopic (exact) mass is 376 g/mol. The molecule has 0 saturated carbocycles. The van der Waals surface area contributed by atoms with Gasteiger partial charge in [-0.3, -0.25) is 4.98 Å². The molecule has 1 N–H and O–H groups in total. The normalized spacial score (nSPS) is 11.1. The van der Waals surface area contributed by atoms with Gasteiger partial charge in [0.1, 0.15) is 17.2 Å². The molecule has 3 aromatic rings. The number of esters is 1. The second kappa shape index (κ2) is 9.32. The Balaban J connectivity index is 1.71. The molecule has 0 bridgehead atoms.